The second-order valence-electron chi connectivity index (χ2n) is 7.31. The molecule has 2 aromatic carbocycles. The van der Waals surface area contributed by atoms with Crippen LogP contribution in [0, 0.1) is 12.7 Å². The number of nitrogens with zero attached hydrogens (tertiary/aromatic N) is 1. The molecule has 29 heavy (non-hydrogen) atoms. The van der Waals surface area contributed by atoms with Gasteiger partial charge in [0.25, 0.3) is 0 Å². The van der Waals surface area contributed by atoms with Gasteiger partial charge >= 0.3 is 0 Å². The predicted molar refractivity (Wildman–Crippen MR) is 117 cm³/mol. The molecule has 5 heteroatoms. The molecular formula is C24H26FN3O. The van der Waals surface area contributed by atoms with Gasteiger partial charge < -0.3 is 15.5 Å². The number of fused-ring (bicyclic) bond motifs is 2. The topological polar surface area (TPSA) is 63.9 Å². The molecule has 0 saturated carbocycles. The van der Waals surface area contributed by atoms with E-state index in [4.69, 9.17) is 15.5 Å². The van der Waals surface area contributed by atoms with Crippen molar-refractivity contribution >= 4 is 21.8 Å². The van der Waals surface area contributed by atoms with Gasteiger partial charge in [-0.1, -0.05) is 6.07 Å². The third-order valence-electron chi connectivity index (χ3n) is 5.28. The molecule has 0 fully saturated rings. The summed E-state index contributed by atoms with van der Waals surface area (Å²) < 4.78 is 19.8. The molecule has 0 atom stereocenters. The van der Waals surface area contributed by atoms with Gasteiger partial charge in [0.2, 0.25) is 0 Å². The molecule has 4 rings (SSSR count). The second kappa shape index (κ2) is 8.21. The van der Waals surface area contributed by atoms with Gasteiger partial charge in [-0.3, -0.25) is 0 Å². The maximum atomic E-state index is 14.0. The van der Waals surface area contributed by atoms with Crippen molar-refractivity contribution in [1.82, 2.24) is 9.97 Å². The van der Waals surface area contributed by atoms with E-state index in [9.17, 15) is 4.39 Å². The Hall–Kier alpha value is -2.92. The number of unbranched alkanes of at least 4 members (excludes halogenated alkanes) is 1. The Labute approximate surface area is 169 Å². The van der Waals surface area contributed by atoms with Crippen LogP contribution >= 0.6 is 0 Å². The van der Waals surface area contributed by atoms with Gasteiger partial charge in [0.1, 0.15) is 17.1 Å². The van der Waals surface area contributed by atoms with Crippen LogP contribution in [-0.4, -0.2) is 23.1 Å². The van der Waals surface area contributed by atoms with Crippen LogP contribution in [0.4, 0.5) is 4.39 Å². The number of aryl methyl sites for hydroxylation is 2. The highest BCUT2D eigenvalue weighted by atomic mass is 19.1. The molecule has 3 N–H and O–H groups in total. The molecule has 0 radical (unpaired) electrons. The minimum Gasteiger partial charge on any atom is -0.492 e. The number of aromatic amines is 1. The molecule has 4 aromatic rings. The van der Waals surface area contributed by atoms with Crippen molar-refractivity contribution in [2.24, 2.45) is 5.73 Å². The van der Waals surface area contributed by atoms with E-state index >= 15 is 0 Å². The molecule has 0 unspecified atom stereocenters. The number of benzene rings is 2. The summed E-state index contributed by atoms with van der Waals surface area (Å²) >= 11 is 0. The monoisotopic (exact) mass is 391 g/mol. The number of nitrogens with two attached hydrogens (primary N) is 1. The van der Waals surface area contributed by atoms with E-state index in [-0.39, 0.29) is 5.82 Å². The molecule has 4 nitrogen and oxygen atoms in total. The van der Waals surface area contributed by atoms with E-state index in [0.29, 0.717) is 13.2 Å². The van der Waals surface area contributed by atoms with E-state index in [1.54, 1.807) is 12.1 Å². The van der Waals surface area contributed by atoms with Gasteiger partial charge in [-0.15, -0.1) is 0 Å². The third-order valence-corrected chi connectivity index (χ3v) is 5.28. The van der Waals surface area contributed by atoms with Crippen molar-refractivity contribution in [2.75, 3.05) is 13.2 Å². The minimum absolute atomic E-state index is 0.225. The van der Waals surface area contributed by atoms with Crippen molar-refractivity contribution in [3.63, 3.8) is 0 Å². The first-order valence-corrected chi connectivity index (χ1v) is 10.2. The predicted octanol–water partition coefficient (Wildman–Crippen LogP) is 5.51. The van der Waals surface area contributed by atoms with E-state index in [1.807, 2.05) is 26.0 Å². The minimum atomic E-state index is -0.225. The maximum absolute atomic E-state index is 14.0. The molecule has 0 amide bonds. The number of ether oxygens (including phenoxy) is 1. The summed E-state index contributed by atoms with van der Waals surface area (Å²) in [6, 6.07) is 13.1. The Bertz CT molecular complexity index is 1170. The highest BCUT2D eigenvalue weighted by Gasteiger charge is 2.18. The zero-order valence-electron chi connectivity index (χ0n) is 16.9. The first-order valence-electron chi connectivity index (χ1n) is 10.2. The molecule has 2 heterocycles. The van der Waals surface area contributed by atoms with Gasteiger partial charge in [0.05, 0.1) is 12.3 Å². The number of rotatable bonds is 7. The number of pyridine rings is 1. The summed E-state index contributed by atoms with van der Waals surface area (Å²) in [4.78, 5) is 8.26. The van der Waals surface area contributed by atoms with Gasteiger partial charge in [0, 0.05) is 27.5 Å². The Morgan fingerprint density at radius 3 is 2.72 bits per heavy atom. The lowest BCUT2D eigenvalue weighted by atomic mass is 9.97. The largest absolute Gasteiger partial charge is 0.492 e. The Kier molecular flexibility index (Phi) is 5.49. The van der Waals surface area contributed by atoms with Crippen LogP contribution < -0.4 is 10.5 Å². The number of hydrogen-bond acceptors (Lipinski definition) is 3. The number of halogens is 1. The zero-order chi connectivity index (χ0) is 20.4. The fourth-order valence-corrected chi connectivity index (χ4v) is 3.94. The summed E-state index contributed by atoms with van der Waals surface area (Å²) in [5.41, 5.74) is 11.6. The Morgan fingerprint density at radius 1 is 1.07 bits per heavy atom. The Morgan fingerprint density at radius 2 is 1.93 bits per heavy atom. The first-order chi connectivity index (χ1) is 14.1. The summed E-state index contributed by atoms with van der Waals surface area (Å²) in [5.74, 6) is 0.554. The normalized spacial score (nSPS) is 11.4. The maximum Gasteiger partial charge on any atom is 0.145 e. The van der Waals surface area contributed by atoms with Gasteiger partial charge in [0.15, 0.2) is 0 Å². The van der Waals surface area contributed by atoms with Crippen LogP contribution in [0.2, 0.25) is 0 Å². The molecule has 150 valence electrons. The van der Waals surface area contributed by atoms with Crippen LogP contribution in [0.1, 0.15) is 31.0 Å². The number of aromatic nitrogens is 2. The van der Waals surface area contributed by atoms with Gasteiger partial charge in [-0.05, 0) is 81.6 Å². The summed E-state index contributed by atoms with van der Waals surface area (Å²) in [7, 11) is 0. The van der Waals surface area contributed by atoms with Crippen LogP contribution in [0.25, 0.3) is 33.1 Å². The lowest BCUT2D eigenvalue weighted by Crippen LogP contribution is -2.00. The SMILES string of the molecule is CCOc1ccc(-c2[nH]c3ccc(F)cc3c2CCCCN)c2ccc(C)nc12. The van der Waals surface area contributed by atoms with Crippen molar-refractivity contribution in [3.05, 3.63) is 59.5 Å². The van der Waals surface area contributed by atoms with E-state index in [0.717, 1.165) is 69.3 Å². The second-order valence-corrected chi connectivity index (χ2v) is 7.31. The fraction of sp³-hybridized carbons (Fsp3) is 0.292. The van der Waals surface area contributed by atoms with Crippen molar-refractivity contribution in [1.29, 1.82) is 0 Å². The molecule has 0 spiro atoms. The average Bonchev–Trinajstić information content (AvgIpc) is 3.06. The lowest BCUT2D eigenvalue weighted by Gasteiger charge is -2.12. The van der Waals surface area contributed by atoms with Crippen LogP contribution in [0.5, 0.6) is 5.75 Å². The third kappa shape index (κ3) is 3.70. The molecule has 0 saturated heterocycles. The molecule has 0 aliphatic heterocycles. The number of nitrogens with one attached hydrogen (secondary N) is 1. The van der Waals surface area contributed by atoms with Crippen LogP contribution in [-0.2, 0) is 6.42 Å². The summed E-state index contributed by atoms with van der Waals surface area (Å²) in [5, 5.41) is 1.95. The highest BCUT2D eigenvalue weighted by molar-refractivity contribution is 6.01. The molecule has 0 aliphatic carbocycles. The first kappa shape index (κ1) is 19.4. The molecule has 2 aromatic heterocycles. The molecular weight excluding hydrogens is 365 g/mol. The summed E-state index contributed by atoms with van der Waals surface area (Å²) in [6.07, 6.45) is 2.73. The van der Waals surface area contributed by atoms with Gasteiger partial charge in [-0.25, -0.2) is 9.37 Å². The van der Waals surface area contributed by atoms with E-state index < -0.39 is 0 Å². The smallest absolute Gasteiger partial charge is 0.145 e. The Balaban J connectivity index is 1.95. The molecule has 0 bridgehead atoms. The zero-order valence-corrected chi connectivity index (χ0v) is 16.9. The fourth-order valence-electron chi connectivity index (χ4n) is 3.94. The summed E-state index contributed by atoms with van der Waals surface area (Å²) in [6.45, 7) is 5.18. The van der Waals surface area contributed by atoms with Crippen LogP contribution in [0.15, 0.2) is 42.5 Å². The highest BCUT2D eigenvalue weighted by Crippen LogP contribution is 2.38. The van der Waals surface area contributed by atoms with Crippen LogP contribution in [0.3, 0.4) is 0 Å². The number of H-pyrrole nitrogens is 1. The van der Waals surface area contributed by atoms with Crippen molar-refractivity contribution in [2.45, 2.75) is 33.1 Å². The standard InChI is InChI=1S/C24H26FN3O/c1-3-29-22-12-10-18(19-9-7-15(2)27-24(19)22)23-17(6-4-5-13-26)20-14-16(25)8-11-21(20)28-23/h7-12,14,28H,3-6,13,26H2,1-2H3. The van der Waals surface area contributed by atoms with Crippen molar-refractivity contribution in [3.8, 4) is 17.0 Å². The van der Waals surface area contributed by atoms with E-state index in [1.165, 1.54) is 6.07 Å². The molecule has 0 aliphatic rings. The van der Waals surface area contributed by atoms with Gasteiger partial charge in [-0.2, -0.15) is 0 Å². The van der Waals surface area contributed by atoms with Crippen molar-refractivity contribution < 1.29 is 9.13 Å². The quantitative estimate of drug-likeness (QED) is 0.408. The van der Waals surface area contributed by atoms with E-state index in [2.05, 4.69) is 17.1 Å². The average molecular weight is 391 g/mol. The lowest BCUT2D eigenvalue weighted by molar-refractivity contribution is 0.343. The number of hydrogen-bond donors (Lipinski definition) is 2.